The molecule has 0 amide bonds. The van der Waals surface area contributed by atoms with Crippen molar-refractivity contribution < 1.29 is 16.8 Å². The molecule has 0 heterocycles. The SMILES string of the molecule is CCCCCN(c1ccccc1)S(=O)(=O)CS(=O)(=O)N(CCCCC)c1ccccc1. The molecule has 0 aromatic heterocycles. The molecule has 2 aromatic carbocycles. The number of unbranched alkanes of at least 4 members (excludes halogenated alkanes) is 4. The monoisotopic (exact) mass is 466 g/mol. The Bertz CT molecular complexity index is 897. The number of rotatable bonds is 14. The number of hydrogen-bond acceptors (Lipinski definition) is 4. The van der Waals surface area contributed by atoms with Crippen molar-refractivity contribution in [1.82, 2.24) is 0 Å². The van der Waals surface area contributed by atoms with Gasteiger partial charge in [-0.2, -0.15) is 0 Å². The number of hydrogen-bond donors (Lipinski definition) is 0. The van der Waals surface area contributed by atoms with Gasteiger partial charge in [-0.05, 0) is 37.1 Å². The first kappa shape index (κ1) is 25.2. The van der Waals surface area contributed by atoms with Crippen LogP contribution in [0.1, 0.15) is 52.4 Å². The minimum absolute atomic E-state index is 0.261. The van der Waals surface area contributed by atoms with Crippen molar-refractivity contribution in [2.24, 2.45) is 0 Å². The van der Waals surface area contributed by atoms with Crippen molar-refractivity contribution in [3.05, 3.63) is 60.7 Å². The average Bonchev–Trinajstić information content (AvgIpc) is 2.74. The summed E-state index contributed by atoms with van der Waals surface area (Å²) >= 11 is 0. The van der Waals surface area contributed by atoms with Gasteiger partial charge in [0.2, 0.25) is 0 Å². The molecule has 0 fully saturated rings. The molecule has 2 aromatic rings. The third kappa shape index (κ3) is 7.54. The summed E-state index contributed by atoms with van der Waals surface area (Å²) in [5.74, 6) is 0. The van der Waals surface area contributed by atoms with Crippen LogP contribution >= 0.6 is 0 Å². The van der Waals surface area contributed by atoms with E-state index in [1.165, 1.54) is 8.61 Å². The Hall–Kier alpha value is -2.06. The zero-order valence-electron chi connectivity index (χ0n) is 18.5. The molecule has 6 nitrogen and oxygen atoms in total. The predicted octanol–water partition coefficient (Wildman–Crippen LogP) is 5.00. The molecule has 0 radical (unpaired) electrons. The maximum Gasteiger partial charge on any atom is 0.251 e. The van der Waals surface area contributed by atoms with Gasteiger partial charge in [-0.1, -0.05) is 75.9 Å². The first-order valence-electron chi connectivity index (χ1n) is 10.9. The molecular formula is C23H34N2O4S2. The van der Waals surface area contributed by atoms with Gasteiger partial charge < -0.3 is 0 Å². The molecule has 0 bridgehead atoms. The lowest BCUT2D eigenvalue weighted by atomic mass is 10.2. The van der Waals surface area contributed by atoms with Crippen LogP contribution in [-0.4, -0.2) is 35.0 Å². The van der Waals surface area contributed by atoms with E-state index in [0.717, 1.165) is 25.7 Å². The fourth-order valence-corrected chi connectivity index (χ4v) is 7.60. The van der Waals surface area contributed by atoms with Crippen molar-refractivity contribution >= 4 is 31.4 Å². The first-order chi connectivity index (χ1) is 14.8. The first-order valence-corrected chi connectivity index (χ1v) is 14.1. The lowest BCUT2D eigenvalue weighted by molar-refractivity contribution is 0.579. The normalized spacial score (nSPS) is 11.9. The minimum atomic E-state index is -4.09. The van der Waals surface area contributed by atoms with Crippen LogP contribution in [0, 0.1) is 0 Å². The van der Waals surface area contributed by atoms with E-state index in [4.69, 9.17) is 0 Å². The summed E-state index contributed by atoms with van der Waals surface area (Å²) in [5, 5.41) is -0.956. The number of sulfonamides is 2. The maximum absolute atomic E-state index is 13.3. The molecule has 2 rings (SSSR count). The molecule has 31 heavy (non-hydrogen) atoms. The van der Waals surface area contributed by atoms with Gasteiger partial charge in [0, 0.05) is 13.1 Å². The molecule has 0 unspecified atom stereocenters. The average molecular weight is 467 g/mol. The van der Waals surface area contributed by atoms with Crippen molar-refractivity contribution in [1.29, 1.82) is 0 Å². The highest BCUT2D eigenvalue weighted by Gasteiger charge is 2.33. The van der Waals surface area contributed by atoms with Crippen LogP contribution in [0.15, 0.2) is 60.7 Å². The van der Waals surface area contributed by atoms with Crippen LogP contribution in [0.2, 0.25) is 0 Å². The molecule has 0 aliphatic carbocycles. The molecule has 172 valence electrons. The zero-order chi connectivity index (χ0) is 22.7. The quantitative estimate of drug-likeness (QED) is 0.367. The second-order valence-corrected chi connectivity index (χ2v) is 11.7. The third-order valence-corrected chi connectivity index (χ3v) is 9.50. The molecule has 0 saturated heterocycles. The molecule has 0 saturated carbocycles. The Labute approximate surface area is 188 Å². The van der Waals surface area contributed by atoms with E-state index < -0.39 is 25.1 Å². The highest BCUT2D eigenvalue weighted by molar-refractivity contribution is 8.09. The summed E-state index contributed by atoms with van der Waals surface area (Å²) in [7, 11) is -8.19. The molecular weight excluding hydrogens is 432 g/mol. The van der Waals surface area contributed by atoms with Crippen molar-refractivity contribution in [2.45, 2.75) is 52.4 Å². The van der Waals surface area contributed by atoms with Gasteiger partial charge in [0.1, 0.15) is 0 Å². The summed E-state index contributed by atoms with van der Waals surface area (Å²) in [6.45, 7) is 4.60. The van der Waals surface area contributed by atoms with Crippen LogP contribution < -0.4 is 8.61 Å². The molecule has 0 spiro atoms. The van der Waals surface area contributed by atoms with E-state index in [0.29, 0.717) is 24.2 Å². The van der Waals surface area contributed by atoms with Gasteiger partial charge in [-0.15, -0.1) is 0 Å². The van der Waals surface area contributed by atoms with Gasteiger partial charge in [0.05, 0.1) is 11.4 Å². The van der Waals surface area contributed by atoms with Gasteiger partial charge >= 0.3 is 0 Å². The summed E-state index contributed by atoms with van der Waals surface area (Å²) < 4.78 is 55.8. The van der Waals surface area contributed by atoms with Crippen LogP contribution in [0.4, 0.5) is 11.4 Å². The molecule has 0 aliphatic heterocycles. The van der Waals surface area contributed by atoms with Gasteiger partial charge in [-0.25, -0.2) is 16.8 Å². The number of nitrogens with zero attached hydrogens (tertiary/aromatic N) is 2. The fourth-order valence-electron chi connectivity index (χ4n) is 3.37. The number of para-hydroxylation sites is 2. The third-order valence-electron chi connectivity index (χ3n) is 4.99. The molecule has 0 atom stereocenters. The second-order valence-electron chi connectivity index (χ2n) is 7.57. The smallest absolute Gasteiger partial charge is 0.251 e. The maximum atomic E-state index is 13.3. The van der Waals surface area contributed by atoms with Crippen LogP contribution in [-0.2, 0) is 20.0 Å². The Kier molecular flexibility index (Phi) is 9.84. The van der Waals surface area contributed by atoms with E-state index in [2.05, 4.69) is 0 Å². The number of benzene rings is 2. The van der Waals surface area contributed by atoms with Gasteiger partial charge in [0.15, 0.2) is 5.08 Å². The Balaban J connectivity index is 2.34. The highest BCUT2D eigenvalue weighted by atomic mass is 32.3. The molecule has 0 aliphatic rings. The molecule has 8 heteroatoms. The largest absolute Gasteiger partial charge is 0.269 e. The Morgan fingerprint density at radius 2 is 0.935 bits per heavy atom. The van der Waals surface area contributed by atoms with E-state index in [1.807, 2.05) is 26.0 Å². The van der Waals surface area contributed by atoms with E-state index in [9.17, 15) is 16.8 Å². The standard InChI is InChI=1S/C23H34N2O4S2/c1-3-5-13-19-24(22-15-9-7-10-16-22)30(26,27)21-31(28,29)25(20-14-6-4-2)23-17-11-8-12-18-23/h7-12,15-18H,3-6,13-14,19-21H2,1-2H3. The van der Waals surface area contributed by atoms with Crippen molar-refractivity contribution in [3.63, 3.8) is 0 Å². The minimum Gasteiger partial charge on any atom is -0.269 e. The van der Waals surface area contributed by atoms with Crippen LogP contribution in [0.5, 0.6) is 0 Å². The van der Waals surface area contributed by atoms with Crippen LogP contribution in [0.3, 0.4) is 0 Å². The van der Waals surface area contributed by atoms with Gasteiger partial charge in [0.25, 0.3) is 20.0 Å². The predicted molar refractivity (Wildman–Crippen MR) is 129 cm³/mol. The fraction of sp³-hybridized carbons (Fsp3) is 0.478. The summed E-state index contributed by atoms with van der Waals surface area (Å²) in [4.78, 5) is 0. The lowest BCUT2D eigenvalue weighted by Crippen LogP contribution is -2.42. The second kappa shape index (κ2) is 12.1. The van der Waals surface area contributed by atoms with E-state index in [-0.39, 0.29) is 13.1 Å². The van der Waals surface area contributed by atoms with Crippen molar-refractivity contribution in [3.8, 4) is 0 Å². The Morgan fingerprint density at radius 1 is 0.581 bits per heavy atom. The summed E-state index contributed by atoms with van der Waals surface area (Å²) in [6.07, 6.45) is 4.98. The highest BCUT2D eigenvalue weighted by Crippen LogP contribution is 2.24. The summed E-state index contributed by atoms with van der Waals surface area (Å²) in [6, 6.07) is 17.4. The van der Waals surface area contributed by atoms with Crippen molar-refractivity contribution in [2.75, 3.05) is 26.8 Å². The lowest BCUT2D eigenvalue weighted by Gasteiger charge is -2.28. The number of anilines is 2. The summed E-state index contributed by atoms with van der Waals surface area (Å²) in [5.41, 5.74) is 0.983. The van der Waals surface area contributed by atoms with Crippen LogP contribution in [0.25, 0.3) is 0 Å². The Morgan fingerprint density at radius 3 is 1.26 bits per heavy atom. The molecule has 0 N–H and O–H groups in total. The van der Waals surface area contributed by atoms with E-state index in [1.54, 1.807) is 48.5 Å². The zero-order valence-corrected chi connectivity index (χ0v) is 20.1. The van der Waals surface area contributed by atoms with E-state index >= 15 is 0 Å². The topological polar surface area (TPSA) is 74.8 Å². The van der Waals surface area contributed by atoms with Gasteiger partial charge in [-0.3, -0.25) is 8.61 Å².